The van der Waals surface area contributed by atoms with Crippen molar-refractivity contribution in [2.24, 2.45) is 0 Å². The van der Waals surface area contributed by atoms with Gasteiger partial charge in [-0.25, -0.2) is 0 Å². The highest BCUT2D eigenvalue weighted by molar-refractivity contribution is 5.76. The van der Waals surface area contributed by atoms with Crippen molar-refractivity contribution < 1.29 is 9.72 Å². The number of aryl methyl sites for hydroxylation is 1. The molecule has 0 fully saturated rings. The predicted octanol–water partition coefficient (Wildman–Crippen LogP) is 3.37. The molecule has 27 heavy (non-hydrogen) atoms. The predicted molar refractivity (Wildman–Crippen MR) is 107 cm³/mol. The molecule has 0 saturated heterocycles. The van der Waals surface area contributed by atoms with Gasteiger partial charge in [0.05, 0.1) is 23.9 Å². The zero-order valence-electron chi connectivity index (χ0n) is 17.0. The zero-order valence-corrected chi connectivity index (χ0v) is 17.0. The molecule has 0 aliphatic heterocycles. The van der Waals surface area contributed by atoms with Gasteiger partial charge in [-0.1, -0.05) is 39.5 Å². The van der Waals surface area contributed by atoms with Crippen LogP contribution in [-0.4, -0.2) is 51.2 Å². The number of nitrogens with one attached hydrogen (secondary N) is 1. The monoisotopic (exact) mass is 381 g/mol. The van der Waals surface area contributed by atoms with Crippen LogP contribution in [0.1, 0.15) is 65.7 Å². The van der Waals surface area contributed by atoms with Gasteiger partial charge in [0.25, 0.3) is 0 Å². The second kappa shape index (κ2) is 13.2. The number of nitrogens with zero attached hydrogens (tertiary/aromatic N) is 4. The van der Waals surface area contributed by atoms with Gasteiger partial charge in [-0.2, -0.15) is 4.68 Å². The molecular weight excluding hydrogens is 346 g/mol. The number of hydrogen-bond donors (Lipinski definition) is 1. The number of carbonyl (C=O) groups is 1. The summed E-state index contributed by atoms with van der Waals surface area (Å²) in [7, 11) is 0. The maximum absolute atomic E-state index is 12.2. The first-order valence-electron chi connectivity index (χ1n) is 10.2. The van der Waals surface area contributed by atoms with E-state index in [1.165, 1.54) is 55.5 Å². The number of carbonyl (C=O) groups excluding carboxylic acids is 1. The molecule has 0 bridgehead atoms. The second-order valence-electron chi connectivity index (χ2n) is 7.13. The number of hydrogen-bond acceptors (Lipinski definition) is 5. The Labute approximate surface area is 162 Å². The van der Waals surface area contributed by atoms with Crippen LogP contribution in [-0.2, 0) is 11.3 Å². The van der Waals surface area contributed by atoms with Crippen molar-refractivity contribution in [1.82, 2.24) is 20.0 Å². The molecule has 8 nitrogen and oxygen atoms in total. The van der Waals surface area contributed by atoms with Crippen LogP contribution in [0.3, 0.4) is 0 Å². The van der Waals surface area contributed by atoms with Crippen molar-refractivity contribution in [3.8, 4) is 0 Å². The van der Waals surface area contributed by atoms with E-state index in [0.717, 1.165) is 19.6 Å². The molecule has 0 aliphatic carbocycles. The largest absolute Gasteiger partial charge is 0.389 e. The van der Waals surface area contributed by atoms with E-state index in [4.69, 9.17) is 0 Å². The summed E-state index contributed by atoms with van der Waals surface area (Å²) in [5.74, 6) is -0.249. The summed E-state index contributed by atoms with van der Waals surface area (Å²) >= 11 is 0. The third kappa shape index (κ3) is 10.1. The summed E-state index contributed by atoms with van der Waals surface area (Å²) in [6, 6.07) is 1.41. The first kappa shape index (κ1) is 23.1. The molecule has 1 aromatic rings. The maximum Gasteiger partial charge on any atom is 0.389 e. The number of unbranched alkanes of at least 4 members (excludes halogenated alkanes) is 4. The molecule has 1 rings (SSSR count). The molecule has 8 heteroatoms. The Morgan fingerprint density at radius 3 is 2.41 bits per heavy atom. The van der Waals surface area contributed by atoms with Crippen LogP contribution >= 0.6 is 0 Å². The fourth-order valence-electron chi connectivity index (χ4n) is 3.03. The summed E-state index contributed by atoms with van der Waals surface area (Å²) in [5.41, 5.74) is 0. The highest BCUT2D eigenvalue weighted by atomic mass is 16.6. The maximum atomic E-state index is 12.2. The molecule has 0 saturated carbocycles. The van der Waals surface area contributed by atoms with Crippen molar-refractivity contribution in [2.75, 3.05) is 19.6 Å². The van der Waals surface area contributed by atoms with Crippen molar-refractivity contribution in [3.05, 3.63) is 22.4 Å². The Balaban J connectivity index is 2.37. The summed E-state index contributed by atoms with van der Waals surface area (Å²) in [4.78, 5) is 24.7. The Hall–Kier alpha value is -1.96. The highest BCUT2D eigenvalue weighted by Crippen LogP contribution is 2.06. The van der Waals surface area contributed by atoms with Gasteiger partial charge in [-0.3, -0.25) is 4.79 Å². The molecule has 0 aromatic carbocycles. The van der Waals surface area contributed by atoms with E-state index in [1.807, 2.05) is 6.92 Å². The van der Waals surface area contributed by atoms with Gasteiger partial charge < -0.3 is 20.3 Å². The van der Waals surface area contributed by atoms with E-state index < -0.39 is 4.92 Å². The molecule has 1 atom stereocenters. The third-order valence-corrected chi connectivity index (χ3v) is 4.48. The van der Waals surface area contributed by atoms with Crippen LogP contribution in [0.5, 0.6) is 0 Å². The standard InChI is InChI=1S/C19H35N5O3/c1-4-6-8-12-22(13-9-7-5-2)16-17(3)20-19(25)11-15-23-14-10-18(21-23)24(26)27/h10,14,17H,4-9,11-13,15-16H2,1-3H3,(H,20,25). The lowest BCUT2D eigenvalue weighted by molar-refractivity contribution is -0.389. The summed E-state index contributed by atoms with van der Waals surface area (Å²) in [6.07, 6.45) is 9.07. The minimum atomic E-state index is -0.537. The van der Waals surface area contributed by atoms with Crippen LogP contribution in [0.25, 0.3) is 0 Å². The first-order valence-corrected chi connectivity index (χ1v) is 10.2. The average Bonchev–Trinajstić information content (AvgIpc) is 3.09. The smallest absolute Gasteiger partial charge is 0.358 e. The molecular formula is C19H35N5O3. The minimum Gasteiger partial charge on any atom is -0.358 e. The van der Waals surface area contributed by atoms with Crippen molar-refractivity contribution in [3.63, 3.8) is 0 Å². The van der Waals surface area contributed by atoms with Gasteiger partial charge in [0.1, 0.15) is 0 Å². The Morgan fingerprint density at radius 1 is 1.26 bits per heavy atom. The van der Waals surface area contributed by atoms with E-state index in [1.54, 1.807) is 0 Å². The topological polar surface area (TPSA) is 93.3 Å². The zero-order chi connectivity index (χ0) is 20.1. The van der Waals surface area contributed by atoms with Crippen LogP contribution in [0.2, 0.25) is 0 Å². The minimum absolute atomic E-state index is 0.0530. The molecule has 1 unspecified atom stereocenters. The van der Waals surface area contributed by atoms with Gasteiger partial charge >= 0.3 is 5.82 Å². The van der Waals surface area contributed by atoms with Crippen LogP contribution in [0, 0.1) is 10.1 Å². The first-order chi connectivity index (χ1) is 13.0. The fraction of sp³-hybridized carbons (Fsp3) is 0.789. The summed E-state index contributed by atoms with van der Waals surface area (Å²) < 4.78 is 1.43. The average molecular weight is 382 g/mol. The lowest BCUT2D eigenvalue weighted by Crippen LogP contribution is -2.42. The normalized spacial score (nSPS) is 12.3. The second-order valence-corrected chi connectivity index (χ2v) is 7.13. The summed E-state index contributed by atoms with van der Waals surface area (Å²) in [6.45, 7) is 9.79. The molecule has 1 amide bonds. The molecule has 1 aromatic heterocycles. The lowest BCUT2D eigenvalue weighted by Gasteiger charge is -2.26. The third-order valence-electron chi connectivity index (χ3n) is 4.48. The van der Waals surface area contributed by atoms with Crippen molar-refractivity contribution >= 4 is 11.7 Å². The SMILES string of the molecule is CCCCCN(CCCCC)CC(C)NC(=O)CCn1ccc([N+](=O)[O-])n1. The number of aromatic nitrogens is 2. The fourth-order valence-corrected chi connectivity index (χ4v) is 3.03. The summed E-state index contributed by atoms with van der Waals surface area (Å²) in [5, 5.41) is 17.5. The van der Waals surface area contributed by atoms with Crippen molar-refractivity contribution in [2.45, 2.75) is 78.3 Å². The molecule has 0 aliphatic rings. The molecule has 154 valence electrons. The van der Waals surface area contributed by atoms with E-state index in [0.29, 0.717) is 6.54 Å². The molecule has 1 heterocycles. The van der Waals surface area contributed by atoms with Crippen LogP contribution < -0.4 is 5.32 Å². The van der Waals surface area contributed by atoms with Crippen LogP contribution in [0.4, 0.5) is 5.82 Å². The van der Waals surface area contributed by atoms with E-state index in [2.05, 4.69) is 29.2 Å². The number of rotatable bonds is 15. The quantitative estimate of drug-likeness (QED) is 0.286. The van der Waals surface area contributed by atoms with Gasteiger partial charge in [0.15, 0.2) is 0 Å². The molecule has 1 N–H and O–H groups in total. The Morgan fingerprint density at radius 2 is 1.89 bits per heavy atom. The van der Waals surface area contributed by atoms with E-state index >= 15 is 0 Å². The Bertz CT molecular complexity index is 551. The Kier molecular flexibility index (Phi) is 11.3. The molecule has 0 spiro atoms. The van der Waals surface area contributed by atoms with Crippen molar-refractivity contribution in [1.29, 1.82) is 0 Å². The van der Waals surface area contributed by atoms with E-state index in [-0.39, 0.29) is 24.2 Å². The lowest BCUT2D eigenvalue weighted by atomic mass is 10.2. The van der Waals surface area contributed by atoms with Crippen LogP contribution in [0.15, 0.2) is 12.3 Å². The van der Waals surface area contributed by atoms with Gasteiger partial charge in [-0.15, -0.1) is 0 Å². The van der Waals surface area contributed by atoms with Gasteiger partial charge in [-0.05, 0) is 37.8 Å². The highest BCUT2D eigenvalue weighted by Gasteiger charge is 2.14. The number of amides is 1. The van der Waals surface area contributed by atoms with E-state index in [9.17, 15) is 14.9 Å². The van der Waals surface area contributed by atoms with Gasteiger partial charge in [0, 0.05) is 19.0 Å². The van der Waals surface area contributed by atoms with Gasteiger partial charge in [0.2, 0.25) is 5.91 Å². The number of nitro groups is 1. The molecule has 0 radical (unpaired) electrons.